The highest BCUT2D eigenvalue weighted by Gasteiger charge is 2.23. The van der Waals surface area contributed by atoms with Crippen molar-refractivity contribution >= 4 is 34.3 Å². The Kier molecular flexibility index (Phi) is 3.63. The van der Waals surface area contributed by atoms with Gasteiger partial charge < -0.3 is 5.32 Å². The quantitative estimate of drug-likeness (QED) is 0.654. The lowest BCUT2D eigenvalue weighted by Crippen LogP contribution is -2.15. The second kappa shape index (κ2) is 5.42. The van der Waals surface area contributed by atoms with E-state index in [1.165, 1.54) is 16.5 Å². The second-order valence-electron chi connectivity index (χ2n) is 4.83. The summed E-state index contributed by atoms with van der Waals surface area (Å²) >= 11 is 7.72. The minimum atomic E-state index is -0.376. The molecule has 0 bridgehead atoms. The van der Waals surface area contributed by atoms with Crippen LogP contribution >= 0.6 is 22.9 Å². The van der Waals surface area contributed by atoms with Crippen molar-refractivity contribution in [3.05, 3.63) is 55.2 Å². The summed E-state index contributed by atoms with van der Waals surface area (Å²) in [6.45, 7) is 0. The van der Waals surface area contributed by atoms with Crippen LogP contribution < -0.4 is 5.32 Å². The fourth-order valence-electron chi connectivity index (χ4n) is 2.58. The maximum atomic E-state index is 10.8. The van der Waals surface area contributed by atoms with E-state index in [1.807, 2.05) is 12.1 Å². The third kappa shape index (κ3) is 2.64. The van der Waals surface area contributed by atoms with Crippen LogP contribution in [0.4, 0.5) is 11.4 Å². The lowest BCUT2D eigenvalue weighted by atomic mass is 9.94. The molecular formula is C14H13ClN2O2S. The number of anilines is 1. The van der Waals surface area contributed by atoms with Crippen LogP contribution in [0, 0.1) is 10.1 Å². The van der Waals surface area contributed by atoms with E-state index in [-0.39, 0.29) is 16.7 Å². The van der Waals surface area contributed by atoms with Crippen LogP contribution in [0.15, 0.2) is 30.3 Å². The first-order chi connectivity index (χ1) is 9.63. The van der Waals surface area contributed by atoms with E-state index in [2.05, 4.69) is 5.32 Å². The predicted molar refractivity (Wildman–Crippen MR) is 81.7 cm³/mol. The van der Waals surface area contributed by atoms with Crippen LogP contribution in [-0.2, 0) is 6.42 Å². The third-order valence-corrected chi connectivity index (χ3v) is 4.82. The number of benzene rings is 1. The van der Waals surface area contributed by atoms with Crippen molar-refractivity contribution in [1.29, 1.82) is 0 Å². The number of hydrogen-bond donors (Lipinski definition) is 1. The summed E-state index contributed by atoms with van der Waals surface area (Å²) in [6, 6.07) is 8.82. The summed E-state index contributed by atoms with van der Waals surface area (Å²) in [5.74, 6) is 0. The number of nitrogens with one attached hydrogen (secondary N) is 1. The monoisotopic (exact) mass is 308 g/mol. The van der Waals surface area contributed by atoms with Crippen LogP contribution in [0.5, 0.6) is 0 Å². The van der Waals surface area contributed by atoms with E-state index in [0.29, 0.717) is 0 Å². The Labute approximate surface area is 125 Å². The van der Waals surface area contributed by atoms with Gasteiger partial charge in [0.05, 0.1) is 15.3 Å². The molecule has 1 N–H and O–H groups in total. The first kappa shape index (κ1) is 13.4. The van der Waals surface area contributed by atoms with E-state index in [4.69, 9.17) is 11.6 Å². The number of halogens is 1. The Morgan fingerprint density at radius 1 is 1.40 bits per heavy atom. The largest absolute Gasteiger partial charge is 0.378 e. The van der Waals surface area contributed by atoms with Gasteiger partial charge in [-0.3, -0.25) is 10.1 Å². The van der Waals surface area contributed by atoms with Gasteiger partial charge >= 0.3 is 0 Å². The molecule has 1 aromatic carbocycles. The number of nitro benzene ring substituents is 1. The predicted octanol–water partition coefficient (Wildman–Crippen LogP) is 4.80. The molecule has 1 heterocycles. The highest BCUT2D eigenvalue weighted by molar-refractivity contribution is 7.16. The molecule has 0 fully saturated rings. The fourth-order valence-corrected chi connectivity index (χ4v) is 3.97. The van der Waals surface area contributed by atoms with E-state index in [9.17, 15) is 10.1 Å². The summed E-state index contributed by atoms with van der Waals surface area (Å²) in [6.07, 6.45) is 3.19. The number of hydrogen-bond acceptors (Lipinski definition) is 4. The number of rotatable bonds is 3. The molecule has 3 rings (SSSR count). The van der Waals surface area contributed by atoms with Crippen LogP contribution in [-0.4, -0.2) is 4.92 Å². The normalized spacial score (nSPS) is 17.6. The number of aryl methyl sites for hydroxylation is 1. The van der Waals surface area contributed by atoms with E-state index in [1.54, 1.807) is 23.5 Å². The molecule has 2 aromatic rings. The van der Waals surface area contributed by atoms with Gasteiger partial charge in [-0.25, -0.2) is 0 Å². The van der Waals surface area contributed by atoms with Crippen LogP contribution in [0.3, 0.4) is 0 Å². The molecule has 0 radical (unpaired) electrons. The molecule has 1 aliphatic carbocycles. The third-order valence-electron chi connectivity index (χ3n) is 3.48. The first-order valence-corrected chi connectivity index (χ1v) is 7.62. The number of nitro groups is 1. The molecule has 1 aliphatic rings. The smallest absolute Gasteiger partial charge is 0.271 e. The Morgan fingerprint density at radius 2 is 2.25 bits per heavy atom. The number of fused-ring (bicyclic) bond motifs is 1. The molecule has 0 saturated carbocycles. The molecule has 1 unspecified atom stereocenters. The van der Waals surface area contributed by atoms with Crippen LogP contribution in [0.2, 0.25) is 4.34 Å². The van der Waals surface area contributed by atoms with Crippen molar-refractivity contribution in [1.82, 2.24) is 0 Å². The molecule has 0 amide bonds. The highest BCUT2D eigenvalue weighted by Crippen LogP contribution is 2.39. The van der Waals surface area contributed by atoms with Gasteiger partial charge in [0.1, 0.15) is 0 Å². The molecule has 6 heteroatoms. The first-order valence-electron chi connectivity index (χ1n) is 6.42. The molecule has 20 heavy (non-hydrogen) atoms. The van der Waals surface area contributed by atoms with Crippen molar-refractivity contribution in [3.8, 4) is 0 Å². The number of nitrogens with zero attached hydrogens (tertiary/aromatic N) is 1. The zero-order valence-electron chi connectivity index (χ0n) is 10.6. The fraction of sp³-hybridized carbons (Fsp3) is 0.286. The molecule has 104 valence electrons. The van der Waals surface area contributed by atoms with E-state index < -0.39 is 0 Å². The van der Waals surface area contributed by atoms with Crippen LogP contribution in [0.25, 0.3) is 0 Å². The van der Waals surface area contributed by atoms with Gasteiger partial charge in [0.15, 0.2) is 0 Å². The van der Waals surface area contributed by atoms with Gasteiger partial charge in [-0.2, -0.15) is 0 Å². The number of thiophene rings is 1. The maximum Gasteiger partial charge on any atom is 0.271 e. The van der Waals surface area contributed by atoms with Crippen molar-refractivity contribution in [2.75, 3.05) is 5.32 Å². The summed E-state index contributed by atoms with van der Waals surface area (Å²) in [5.41, 5.74) is 2.12. The Balaban J connectivity index is 1.85. The standard InChI is InChI=1S/C14H13ClN2O2S/c15-14-8-11-12(5-2-6-13(11)20-14)16-9-3-1-4-10(7-9)17(18)19/h1,3-4,7-8,12,16H,2,5-6H2. The minimum absolute atomic E-state index is 0.106. The van der Waals surface area contributed by atoms with Crippen molar-refractivity contribution in [2.24, 2.45) is 0 Å². The van der Waals surface area contributed by atoms with E-state index in [0.717, 1.165) is 29.3 Å². The average molecular weight is 309 g/mol. The molecule has 1 atom stereocenters. The highest BCUT2D eigenvalue weighted by atomic mass is 35.5. The zero-order chi connectivity index (χ0) is 14.1. The minimum Gasteiger partial charge on any atom is -0.378 e. The van der Waals surface area contributed by atoms with Gasteiger partial charge in [-0.1, -0.05) is 17.7 Å². The summed E-state index contributed by atoms with van der Waals surface area (Å²) < 4.78 is 0.808. The summed E-state index contributed by atoms with van der Waals surface area (Å²) in [7, 11) is 0. The van der Waals surface area contributed by atoms with Crippen molar-refractivity contribution in [2.45, 2.75) is 25.3 Å². The van der Waals surface area contributed by atoms with Gasteiger partial charge in [-0.05, 0) is 37.0 Å². The topological polar surface area (TPSA) is 55.2 Å². The second-order valence-corrected chi connectivity index (χ2v) is 6.59. The van der Waals surface area contributed by atoms with Gasteiger partial charge in [-0.15, -0.1) is 11.3 Å². The Bertz CT molecular complexity index is 656. The molecule has 4 nitrogen and oxygen atoms in total. The van der Waals surface area contributed by atoms with E-state index >= 15 is 0 Å². The van der Waals surface area contributed by atoms with Gasteiger partial charge in [0.25, 0.3) is 5.69 Å². The zero-order valence-corrected chi connectivity index (χ0v) is 12.2. The van der Waals surface area contributed by atoms with Crippen LogP contribution in [0.1, 0.15) is 29.3 Å². The lowest BCUT2D eigenvalue weighted by molar-refractivity contribution is -0.384. The molecule has 0 spiro atoms. The van der Waals surface area contributed by atoms with Crippen molar-refractivity contribution < 1.29 is 4.92 Å². The Hall–Kier alpha value is -1.59. The molecule has 0 aliphatic heterocycles. The molecule has 0 saturated heterocycles. The van der Waals surface area contributed by atoms with Gasteiger partial charge in [0, 0.05) is 22.7 Å². The molecular weight excluding hydrogens is 296 g/mol. The van der Waals surface area contributed by atoms with Crippen molar-refractivity contribution in [3.63, 3.8) is 0 Å². The summed E-state index contributed by atoms with van der Waals surface area (Å²) in [4.78, 5) is 11.8. The summed E-state index contributed by atoms with van der Waals surface area (Å²) in [5, 5.41) is 14.2. The Morgan fingerprint density at radius 3 is 3.05 bits per heavy atom. The maximum absolute atomic E-state index is 10.8. The lowest BCUT2D eigenvalue weighted by Gasteiger charge is -2.24. The number of non-ortho nitro benzene ring substituents is 1. The molecule has 1 aromatic heterocycles. The average Bonchev–Trinajstić information content (AvgIpc) is 2.80. The van der Waals surface area contributed by atoms with Gasteiger partial charge in [0.2, 0.25) is 0 Å². The SMILES string of the molecule is O=[N+]([O-])c1cccc(NC2CCCc3sc(Cl)cc32)c1.